The summed E-state index contributed by atoms with van der Waals surface area (Å²) in [6, 6.07) is 4.69. The third-order valence-electron chi connectivity index (χ3n) is 3.47. The number of hydrazone groups is 1. The number of phenols is 1. The molecule has 12 nitrogen and oxygen atoms in total. The van der Waals surface area contributed by atoms with E-state index in [2.05, 4.69) is 35.8 Å². The van der Waals surface area contributed by atoms with Crippen molar-refractivity contribution < 1.29 is 19.3 Å². The van der Waals surface area contributed by atoms with Crippen molar-refractivity contribution in [3.63, 3.8) is 0 Å². The van der Waals surface area contributed by atoms with Gasteiger partial charge in [-0.3, -0.25) is 4.79 Å². The summed E-state index contributed by atoms with van der Waals surface area (Å²) in [5.74, 6) is -0.0772. The van der Waals surface area contributed by atoms with E-state index in [0.29, 0.717) is 23.6 Å². The smallest absolute Gasteiger partial charge is 0.293 e. The monoisotopic (exact) mass is 372 g/mol. The molecule has 0 aliphatic rings. The van der Waals surface area contributed by atoms with Gasteiger partial charge in [0.15, 0.2) is 17.2 Å². The standard InChI is InChI=1S/C15H16N8O4/c1-3-26-11-6-9(4-5-10(11)24)7-17-19-15(25)12-8(2)23(22-18-12)14-13(16)20-27-21-14/h4-7,24H,3H2,1-2H3,(H2,16,20)(H,19,25). The molecule has 1 aromatic carbocycles. The van der Waals surface area contributed by atoms with Crippen LogP contribution in [0, 0.1) is 6.92 Å². The van der Waals surface area contributed by atoms with Gasteiger partial charge < -0.3 is 15.6 Å². The summed E-state index contributed by atoms with van der Waals surface area (Å²) >= 11 is 0. The average Bonchev–Trinajstić information content (AvgIpc) is 3.23. The highest BCUT2D eigenvalue weighted by molar-refractivity contribution is 5.94. The Morgan fingerprint density at radius 2 is 2.30 bits per heavy atom. The van der Waals surface area contributed by atoms with Crippen LogP contribution in [-0.4, -0.2) is 49.1 Å². The van der Waals surface area contributed by atoms with Gasteiger partial charge in [0.25, 0.3) is 5.91 Å². The van der Waals surface area contributed by atoms with Crippen molar-refractivity contribution in [2.45, 2.75) is 13.8 Å². The first-order valence-electron chi connectivity index (χ1n) is 7.81. The molecule has 2 heterocycles. The minimum absolute atomic E-state index is 0.0189. The van der Waals surface area contributed by atoms with Gasteiger partial charge in [-0.25, -0.2) is 10.1 Å². The first kappa shape index (κ1) is 17.8. The predicted molar refractivity (Wildman–Crippen MR) is 92.7 cm³/mol. The minimum atomic E-state index is -0.575. The number of hydrogen-bond acceptors (Lipinski definition) is 10. The Morgan fingerprint density at radius 3 is 3.00 bits per heavy atom. The number of nitrogen functional groups attached to an aromatic ring is 1. The molecule has 0 aliphatic heterocycles. The summed E-state index contributed by atoms with van der Waals surface area (Å²) in [7, 11) is 0. The Balaban J connectivity index is 1.72. The second kappa shape index (κ2) is 7.51. The topological polar surface area (TPSA) is 167 Å². The molecule has 0 bridgehead atoms. The van der Waals surface area contributed by atoms with E-state index < -0.39 is 5.91 Å². The molecule has 4 N–H and O–H groups in total. The number of ether oxygens (including phenoxy) is 1. The number of carbonyl (C=O) groups is 1. The number of phenolic OH excluding ortho intramolecular Hbond substituents is 1. The lowest BCUT2D eigenvalue weighted by molar-refractivity contribution is 0.0949. The predicted octanol–water partition coefficient (Wildman–Crippen LogP) is 0.409. The summed E-state index contributed by atoms with van der Waals surface area (Å²) in [6.07, 6.45) is 1.40. The average molecular weight is 372 g/mol. The lowest BCUT2D eigenvalue weighted by Gasteiger charge is -2.05. The fourth-order valence-corrected chi connectivity index (χ4v) is 2.18. The summed E-state index contributed by atoms with van der Waals surface area (Å²) < 4.78 is 11.0. The van der Waals surface area contributed by atoms with Gasteiger partial charge in [-0.2, -0.15) is 9.78 Å². The van der Waals surface area contributed by atoms with Crippen molar-refractivity contribution in [3.05, 3.63) is 35.2 Å². The van der Waals surface area contributed by atoms with Crippen LogP contribution in [0.25, 0.3) is 5.82 Å². The molecule has 12 heteroatoms. The highest BCUT2D eigenvalue weighted by atomic mass is 16.6. The third kappa shape index (κ3) is 3.68. The lowest BCUT2D eigenvalue weighted by Crippen LogP contribution is -2.19. The maximum atomic E-state index is 12.3. The van der Waals surface area contributed by atoms with E-state index in [1.807, 2.05) is 0 Å². The fraction of sp³-hybridized carbons (Fsp3) is 0.200. The number of nitrogens with one attached hydrogen (secondary N) is 1. The molecule has 0 saturated heterocycles. The second-order valence-corrected chi connectivity index (χ2v) is 5.27. The normalized spacial score (nSPS) is 11.0. The van der Waals surface area contributed by atoms with E-state index in [1.165, 1.54) is 17.0 Å². The summed E-state index contributed by atoms with van der Waals surface area (Å²) in [5, 5.41) is 28.2. The molecule has 0 spiro atoms. The highest BCUT2D eigenvalue weighted by Crippen LogP contribution is 2.26. The van der Waals surface area contributed by atoms with Gasteiger partial charge in [-0.15, -0.1) is 5.10 Å². The molecular formula is C15H16N8O4. The number of hydrogen-bond donors (Lipinski definition) is 3. The number of aromatic nitrogens is 5. The molecule has 0 saturated carbocycles. The molecule has 140 valence electrons. The number of benzene rings is 1. The molecule has 0 unspecified atom stereocenters. The Labute approximate surface area is 152 Å². The summed E-state index contributed by atoms with van der Waals surface area (Å²) in [5.41, 5.74) is 9.00. The van der Waals surface area contributed by atoms with Gasteiger partial charge in [0.05, 0.1) is 18.5 Å². The van der Waals surface area contributed by atoms with Crippen molar-refractivity contribution in [1.29, 1.82) is 0 Å². The van der Waals surface area contributed by atoms with E-state index in [1.54, 1.807) is 26.0 Å². The number of aromatic hydroxyl groups is 1. The molecule has 0 atom stereocenters. The van der Waals surface area contributed by atoms with Gasteiger partial charge in [-0.1, -0.05) is 5.21 Å². The van der Waals surface area contributed by atoms with Crippen LogP contribution >= 0.6 is 0 Å². The van der Waals surface area contributed by atoms with Crippen molar-refractivity contribution in [3.8, 4) is 17.3 Å². The van der Waals surface area contributed by atoms with Crippen molar-refractivity contribution in [2.75, 3.05) is 12.3 Å². The lowest BCUT2D eigenvalue weighted by atomic mass is 10.2. The molecule has 2 aromatic heterocycles. The van der Waals surface area contributed by atoms with Crippen LogP contribution in [0.1, 0.15) is 28.7 Å². The molecule has 0 radical (unpaired) electrons. The zero-order chi connectivity index (χ0) is 19.4. The fourth-order valence-electron chi connectivity index (χ4n) is 2.18. The number of rotatable bonds is 6. The summed E-state index contributed by atoms with van der Waals surface area (Å²) in [4.78, 5) is 12.3. The Kier molecular flexibility index (Phi) is 4.97. The van der Waals surface area contributed by atoms with E-state index >= 15 is 0 Å². The van der Waals surface area contributed by atoms with Crippen LogP contribution in [0.3, 0.4) is 0 Å². The van der Waals surface area contributed by atoms with Crippen LogP contribution in [-0.2, 0) is 0 Å². The van der Waals surface area contributed by atoms with E-state index in [9.17, 15) is 9.90 Å². The van der Waals surface area contributed by atoms with Crippen LogP contribution < -0.4 is 15.9 Å². The quantitative estimate of drug-likeness (QED) is 0.410. The van der Waals surface area contributed by atoms with Gasteiger partial charge in [0.2, 0.25) is 11.6 Å². The van der Waals surface area contributed by atoms with Crippen LogP contribution in [0.2, 0.25) is 0 Å². The minimum Gasteiger partial charge on any atom is -0.504 e. The zero-order valence-corrected chi connectivity index (χ0v) is 14.4. The molecule has 3 rings (SSSR count). The molecule has 0 fully saturated rings. The van der Waals surface area contributed by atoms with Crippen LogP contribution in [0.5, 0.6) is 11.5 Å². The van der Waals surface area contributed by atoms with Gasteiger partial charge in [0, 0.05) is 0 Å². The molecule has 27 heavy (non-hydrogen) atoms. The first-order valence-corrected chi connectivity index (χ1v) is 7.81. The Morgan fingerprint density at radius 1 is 1.48 bits per heavy atom. The number of carbonyl (C=O) groups excluding carboxylic acids is 1. The Hall–Kier alpha value is -3.96. The SMILES string of the molecule is CCOc1cc(C=NNC(=O)c2nnn(-c3nonc3N)c2C)ccc1O. The maximum Gasteiger partial charge on any atom is 0.293 e. The second-order valence-electron chi connectivity index (χ2n) is 5.27. The van der Waals surface area contributed by atoms with Crippen molar-refractivity contribution in [2.24, 2.45) is 5.10 Å². The molecule has 1 amide bonds. The maximum absolute atomic E-state index is 12.3. The van der Waals surface area contributed by atoms with E-state index in [-0.39, 0.29) is 23.1 Å². The van der Waals surface area contributed by atoms with Gasteiger partial charge in [-0.05, 0) is 47.9 Å². The van der Waals surface area contributed by atoms with E-state index in [0.717, 1.165) is 0 Å². The van der Waals surface area contributed by atoms with Gasteiger partial charge >= 0.3 is 0 Å². The van der Waals surface area contributed by atoms with Crippen LogP contribution in [0.15, 0.2) is 27.9 Å². The van der Waals surface area contributed by atoms with E-state index in [4.69, 9.17) is 10.5 Å². The molecule has 0 aliphatic carbocycles. The summed E-state index contributed by atoms with van der Waals surface area (Å²) in [6.45, 7) is 3.82. The van der Waals surface area contributed by atoms with Crippen molar-refractivity contribution in [1.82, 2.24) is 30.7 Å². The number of amides is 1. The number of anilines is 1. The molecular weight excluding hydrogens is 356 g/mol. The first-order chi connectivity index (χ1) is 13.0. The highest BCUT2D eigenvalue weighted by Gasteiger charge is 2.20. The van der Waals surface area contributed by atoms with Crippen LogP contribution in [0.4, 0.5) is 5.82 Å². The molecule has 3 aromatic rings. The van der Waals surface area contributed by atoms with Gasteiger partial charge in [0.1, 0.15) is 0 Å². The Bertz CT molecular complexity index is 994. The third-order valence-corrected chi connectivity index (χ3v) is 3.47. The number of nitrogens with zero attached hydrogens (tertiary/aromatic N) is 6. The zero-order valence-electron chi connectivity index (χ0n) is 14.4. The van der Waals surface area contributed by atoms with Crippen molar-refractivity contribution >= 4 is 17.9 Å². The number of nitrogens with two attached hydrogens (primary N) is 1. The largest absolute Gasteiger partial charge is 0.504 e.